The molecule has 118 valence electrons. The van der Waals surface area contributed by atoms with Crippen molar-refractivity contribution < 1.29 is 0 Å². The summed E-state index contributed by atoms with van der Waals surface area (Å²) in [6.45, 7) is 3.13. The van der Waals surface area contributed by atoms with Gasteiger partial charge in [0.15, 0.2) is 6.19 Å². The molecule has 3 rings (SSSR count). The van der Waals surface area contributed by atoms with Crippen LogP contribution in [-0.4, -0.2) is 22.6 Å². The molecular weight excluding hydrogens is 310 g/mol. The molecule has 1 aliphatic rings. The van der Waals surface area contributed by atoms with Gasteiger partial charge >= 0.3 is 0 Å². The van der Waals surface area contributed by atoms with Crippen molar-refractivity contribution in [1.29, 1.82) is 5.26 Å². The number of nitrogens with one attached hydrogen (secondary N) is 1. The zero-order valence-electron chi connectivity index (χ0n) is 13.0. The van der Waals surface area contributed by atoms with E-state index in [9.17, 15) is 0 Å². The number of hydrogen-bond acceptors (Lipinski definition) is 5. The molecule has 1 fully saturated rings. The van der Waals surface area contributed by atoms with E-state index in [1.807, 2.05) is 36.5 Å². The van der Waals surface area contributed by atoms with Crippen molar-refractivity contribution >= 4 is 23.4 Å². The number of nitrogens with zero attached hydrogens (tertiary/aromatic N) is 4. The standard InChI is InChI=1S/C17H18ClN5/c1-12-7-5-6-10-23(12)16-14(13-8-3-2-4-9-13)15(18)21-17(22-16)20-11-19/h2-4,8-9,12H,5-7,10H2,1H3,(H,20,21,22). The Bertz CT molecular complexity index is 726. The fraction of sp³-hybridized carbons (Fsp3) is 0.353. The van der Waals surface area contributed by atoms with Gasteiger partial charge in [-0.25, -0.2) is 0 Å². The maximum atomic E-state index is 8.85. The van der Waals surface area contributed by atoms with Gasteiger partial charge in [0.2, 0.25) is 5.95 Å². The van der Waals surface area contributed by atoms with E-state index in [2.05, 4.69) is 27.1 Å². The largest absolute Gasteiger partial charge is 0.353 e. The lowest BCUT2D eigenvalue weighted by Crippen LogP contribution is -2.38. The monoisotopic (exact) mass is 327 g/mol. The van der Waals surface area contributed by atoms with E-state index in [1.165, 1.54) is 6.42 Å². The number of hydrogen-bond donors (Lipinski definition) is 1. The number of nitriles is 1. The van der Waals surface area contributed by atoms with Crippen LogP contribution in [0.4, 0.5) is 11.8 Å². The Labute approximate surface area is 140 Å². The SMILES string of the molecule is CC1CCCCN1c1nc(NC#N)nc(Cl)c1-c1ccccc1. The molecule has 6 heteroatoms. The highest BCUT2D eigenvalue weighted by Crippen LogP contribution is 2.37. The van der Waals surface area contributed by atoms with Crippen LogP contribution in [0, 0.1) is 11.5 Å². The Morgan fingerprint density at radius 1 is 1.26 bits per heavy atom. The highest BCUT2D eigenvalue weighted by Gasteiger charge is 2.25. The minimum Gasteiger partial charge on any atom is -0.353 e. The highest BCUT2D eigenvalue weighted by molar-refractivity contribution is 6.32. The van der Waals surface area contributed by atoms with Gasteiger partial charge in [-0.15, -0.1) is 0 Å². The molecule has 1 saturated heterocycles. The van der Waals surface area contributed by atoms with Crippen LogP contribution in [0.2, 0.25) is 5.15 Å². The fourth-order valence-electron chi connectivity index (χ4n) is 3.00. The third-order valence-electron chi connectivity index (χ3n) is 4.15. The number of anilines is 2. The summed E-state index contributed by atoms with van der Waals surface area (Å²) in [5.74, 6) is 1.03. The molecule has 0 radical (unpaired) electrons. The van der Waals surface area contributed by atoms with Gasteiger partial charge in [-0.1, -0.05) is 41.9 Å². The summed E-state index contributed by atoms with van der Waals surface area (Å²) in [7, 11) is 0. The van der Waals surface area contributed by atoms with Gasteiger partial charge in [0, 0.05) is 12.6 Å². The van der Waals surface area contributed by atoms with Gasteiger partial charge in [-0.2, -0.15) is 15.2 Å². The predicted octanol–water partition coefficient (Wildman–Crippen LogP) is 4.07. The lowest BCUT2D eigenvalue weighted by molar-refractivity contribution is 0.481. The smallest absolute Gasteiger partial charge is 0.239 e. The van der Waals surface area contributed by atoms with E-state index >= 15 is 0 Å². The lowest BCUT2D eigenvalue weighted by Gasteiger charge is -2.35. The molecule has 0 bridgehead atoms. The maximum absolute atomic E-state index is 8.85. The van der Waals surface area contributed by atoms with Gasteiger partial charge < -0.3 is 4.90 Å². The van der Waals surface area contributed by atoms with Crippen molar-refractivity contribution in [3.8, 4) is 17.3 Å². The van der Waals surface area contributed by atoms with Crippen LogP contribution in [0.3, 0.4) is 0 Å². The van der Waals surface area contributed by atoms with Crippen LogP contribution in [0.5, 0.6) is 0 Å². The zero-order valence-corrected chi connectivity index (χ0v) is 13.7. The first-order chi connectivity index (χ1) is 11.2. The lowest BCUT2D eigenvalue weighted by atomic mass is 10.0. The summed E-state index contributed by atoms with van der Waals surface area (Å²) in [4.78, 5) is 11.1. The van der Waals surface area contributed by atoms with Crippen molar-refractivity contribution in [3.05, 3.63) is 35.5 Å². The normalized spacial score (nSPS) is 17.6. The summed E-state index contributed by atoms with van der Waals surface area (Å²) >= 11 is 6.44. The van der Waals surface area contributed by atoms with Crippen LogP contribution in [-0.2, 0) is 0 Å². The van der Waals surface area contributed by atoms with E-state index in [0.717, 1.165) is 36.3 Å². The predicted molar refractivity (Wildman–Crippen MR) is 92.4 cm³/mol. The average molecular weight is 328 g/mol. The summed E-state index contributed by atoms with van der Waals surface area (Å²) in [5, 5.41) is 11.7. The van der Waals surface area contributed by atoms with Gasteiger partial charge in [0.1, 0.15) is 11.0 Å². The highest BCUT2D eigenvalue weighted by atomic mass is 35.5. The van der Waals surface area contributed by atoms with Crippen molar-refractivity contribution in [2.75, 3.05) is 16.8 Å². The minimum atomic E-state index is 0.241. The van der Waals surface area contributed by atoms with Gasteiger partial charge in [0.25, 0.3) is 0 Å². The van der Waals surface area contributed by atoms with Crippen LogP contribution < -0.4 is 10.2 Å². The van der Waals surface area contributed by atoms with Crippen LogP contribution >= 0.6 is 11.6 Å². The van der Waals surface area contributed by atoms with Crippen molar-refractivity contribution in [2.45, 2.75) is 32.2 Å². The maximum Gasteiger partial charge on any atom is 0.239 e. The Kier molecular flexibility index (Phi) is 4.63. The minimum absolute atomic E-state index is 0.241. The first-order valence-electron chi connectivity index (χ1n) is 7.75. The van der Waals surface area contributed by atoms with Gasteiger partial charge in [-0.3, -0.25) is 5.32 Å². The van der Waals surface area contributed by atoms with E-state index < -0.39 is 0 Å². The van der Waals surface area contributed by atoms with Crippen LogP contribution in [0.15, 0.2) is 30.3 Å². The van der Waals surface area contributed by atoms with Crippen molar-refractivity contribution in [1.82, 2.24) is 9.97 Å². The summed E-state index contributed by atoms with van der Waals surface area (Å²) in [5.41, 5.74) is 1.80. The molecule has 0 amide bonds. The number of rotatable bonds is 3. The topological polar surface area (TPSA) is 64.8 Å². The number of piperidine rings is 1. The third-order valence-corrected chi connectivity index (χ3v) is 4.42. The quantitative estimate of drug-likeness (QED) is 0.523. The number of halogens is 1. The second-order valence-corrected chi connectivity index (χ2v) is 6.04. The number of benzene rings is 1. The molecule has 1 aromatic carbocycles. The average Bonchev–Trinajstić information content (AvgIpc) is 2.56. The molecular formula is C17H18ClN5. The van der Waals surface area contributed by atoms with Gasteiger partial charge in [-0.05, 0) is 31.7 Å². The molecule has 1 N–H and O–H groups in total. The third kappa shape index (κ3) is 3.22. The first-order valence-corrected chi connectivity index (χ1v) is 8.13. The molecule has 23 heavy (non-hydrogen) atoms. The molecule has 1 aliphatic heterocycles. The zero-order chi connectivity index (χ0) is 16.2. The second kappa shape index (κ2) is 6.84. The molecule has 0 saturated carbocycles. The molecule has 2 aromatic rings. The molecule has 1 atom stereocenters. The molecule has 1 unspecified atom stereocenters. The second-order valence-electron chi connectivity index (χ2n) is 5.68. The van der Waals surface area contributed by atoms with E-state index in [4.69, 9.17) is 16.9 Å². The van der Waals surface area contributed by atoms with Crippen molar-refractivity contribution in [2.24, 2.45) is 0 Å². The van der Waals surface area contributed by atoms with Gasteiger partial charge in [0.05, 0.1) is 5.56 Å². The van der Waals surface area contributed by atoms with E-state index in [0.29, 0.717) is 11.2 Å². The van der Waals surface area contributed by atoms with Crippen LogP contribution in [0.1, 0.15) is 26.2 Å². The Morgan fingerprint density at radius 3 is 2.74 bits per heavy atom. The molecule has 2 heterocycles. The molecule has 1 aromatic heterocycles. The Morgan fingerprint density at radius 2 is 2.04 bits per heavy atom. The molecule has 0 aliphatic carbocycles. The van der Waals surface area contributed by atoms with Crippen LogP contribution in [0.25, 0.3) is 11.1 Å². The molecule has 5 nitrogen and oxygen atoms in total. The fourth-order valence-corrected chi connectivity index (χ4v) is 3.28. The summed E-state index contributed by atoms with van der Waals surface area (Å²) < 4.78 is 0. The van der Waals surface area contributed by atoms with Crippen molar-refractivity contribution in [3.63, 3.8) is 0 Å². The number of aromatic nitrogens is 2. The summed E-state index contributed by atoms with van der Waals surface area (Å²) in [6, 6.07) is 10.3. The Hall–Kier alpha value is -2.32. The van der Waals surface area contributed by atoms with E-state index in [-0.39, 0.29) is 5.95 Å². The van der Waals surface area contributed by atoms with E-state index in [1.54, 1.807) is 0 Å². The Balaban J connectivity index is 2.15. The summed E-state index contributed by atoms with van der Waals surface area (Å²) in [6.07, 6.45) is 5.33. The first kappa shape index (κ1) is 15.6. The molecule has 0 spiro atoms.